The van der Waals surface area contributed by atoms with Crippen LogP contribution in [0.15, 0.2) is 42.6 Å². The average Bonchev–Trinajstić information content (AvgIpc) is 3.65. The molecule has 236 valence electrons. The standard InChI is InChI=1S/C34H37ClFN5O4/c1-20-14-29(37-21(2)30(20)33(43)44-5)39-11-12-41(34(3,4)19-39)32(42)28-9-7-24-25(23-6-8-26(35)27(36)15-23)17-40(31(24)38-28)16-22-10-13-45-18-22/h6-9,14-15,17,22H,10-13,16,18-19H2,1-5H3/t22-/m0/s1. The molecule has 5 heterocycles. The van der Waals surface area contributed by atoms with Gasteiger partial charge in [-0.2, -0.15) is 0 Å². The highest BCUT2D eigenvalue weighted by molar-refractivity contribution is 6.30. The maximum atomic E-state index is 14.4. The Bertz CT molecular complexity index is 1780. The van der Waals surface area contributed by atoms with E-state index in [-0.39, 0.29) is 10.9 Å². The predicted molar refractivity (Wildman–Crippen MR) is 171 cm³/mol. The smallest absolute Gasteiger partial charge is 0.339 e. The van der Waals surface area contributed by atoms with Crippen molar-refractivity contribution in [2.45, 2.75) is 46.2 Å². The van der Waals surface area contributed by atoms with Gasteiger partial charge in [0.25, 0.3) is 5.91 Å². The van der Waals surface area contributed by atoms with Crippen molar-refractivity contribution < 1.29 is 23.5 Å². The largest absolute Gasteiger partial charge is 0.465 e. The Labute approximate surface area is 266 Å². The van der Waals surface area contributed by atoms with Crippen LogP contribution < -0.4 is 4.90 Å². The molecule has 2 saturated heterocycles. The second kappa shape index (κ2) is 12.1. The Balaban J connectivity index is 1.29. The van der Waals surface area contributed by atoms with Crippen LogP contribution in [0, 0.1) is 25.6 Å². The molecule has 1 amide bonds. The van der Waals surface area contributed by atoms with Crippen molar-refractivity contribution >= 4 is 40.3 Å². The summed E-state index contributed by atoms with van der Waals surface area (Å²) in [6.45, 7) is 11.4. The van der Waals surface area contributed by atoms with Crippen LogP contribution in [0.25, 0.3) is 22.2 Å². The number of aryl methyl sites for hydroxylation is 2. The van der Waals surface area contributed by atoms with Crippen molar-refractivity contribution in [2.75, 3.05) is 44.9 Å². The Morgan fingerprint density at radius 1 is 1.13 bits per heavy atom. The highest BCUT2D eigenvalue weighted by atomic mass is 35.5. The zero-order valence-electron chi connectivity index (χ0n) is 26.2. The first kappa shape index (κ1) is 31.0. The van der Waals surface area contributed by atoms with Gasteiger partial charge in [-0.3, -0.25) is 4.79 Å². The Morgan fingerprint density at radius 2 is 1.93 bits per heavy atom. The number of benzene rings is 1. The summed E-state index contributed by atoms with van der Waals surface area (Å²) in [6.07, 6.45) is 2.93. The lowest BCUT2D eigenvalue weighted by molar-refractivity contribution is 0.0506. The fourth-order valence-corrected chi connectivity index (χ4v) is 6.69. The van der Waals surface area contributed by atoms with Crippen molar-refractivity contribution in [1.29, 1.82) is 0 Å². The molecule has 2 aliphatic heterocycles. The molecule has 9 nitrogen and oxygen atoms in total. The Morgan fingerprint density at radius 3 is 2.60 bits per heavy atom. The first-order valence-corrected chi connectivity index (χ1v) is 15.5. The van der Waals surface area contributed by atoms with E-state index in [1.165, 1.54) is 13.2 Å². The zero-order valence-corrected chi connectivity index (χ0v) is 26.9. The maximum Gasteiger partial charge on any atom is 0.339 e. The lowest BCUT2D eigenvalue weighted by Crippen LogP contribution is -2.61. The van der Waals surface area contributed by atoms with Crippen molar-refractivity contribution in [3.63, 3.8) is 0 Å². The van der Waals surface area contributed by atoms with Crippen LogP contribution in [0.3, 0.4) is 0 Å². The number of amides is 1. The zero-order chi connectivity index (χ0) is 32.0. The summed E-state index contributed by atoms with van der Waals surface area (Å²) < 4.78 is 27.0. The molecular weight excluding hydrogens is 597 g/mol. The van der Waals surface area contributed by atoms with Gasteiger partial charge in [-0.1, -0.05) is 17.7 Å². The van der Waals surface area contributed by atoms with E-state index in [1.54, 1.807) is 25.1 Å². The number of carbonyl (C=O) groups is 2. The number of hydrogen-bond acceptors (Lipinski definition) is 7. The van der Waals surface area contributed by atoms with E-state index in [2.05, 4.69) is 9.47 Å². The fraction of sp³-hybridized carbons (Fsp3) is 0.412. The van der Waals surface area contributed by atoms with Gasteiger partial charge in [0.1, 0.15) is 23.0 Å². The lowest BCUT2D eigenvalue weighted by Gasteiger charge is -2.47. The Hall–Kier alpha value is -4.02. The molecule has 0 radical (unpaired) electrons. The molecule has 1 aromatic carbocycles. The molecule has 45 heavy (non-hydrogen) atoms. The van der Waals surface area contributed by atoms with Crippen molar-refractivity contribution in [2.24, 2.45) is 5.92 Å². The molecule has 0 N–H and O–H groups in total. The second-order valence-electron chi connectivity index (χ2n) is 12.6. The summed E-state index contributed by atoms with van der Waals surface area (Å²) in [6, 6.07) is 10.3. The number of aromatic nitrogens is 3. The number of pyridine rings is 2. The van der Waals surface area contributed by atoms with Crippen molar-refractivity contribution in [3.8, 4) is 11.1 Å². The van der Waals surface area contributed by atoms with Crippen LogP contribution in [0.4, 0.5) is 10.2 Å². The third-order valence-corrected chi connectivity index (χ3v) is 9.20. The minimum absolute atomic E-state index is 0.0681. The highest BCUT2D eigenvalue weighted by Gasteiger charge is 2.38. The van der Waals surface area contributed by atoms with E-state index in [9.17, 15) is 14.0 Å². The van der Waals surface area contributed by atoms with Crippen molar-refractivity contribution in [3.05, 3.63) is 75.9 Å². The number of halogens is 2. The number of carbonyl (C=O) groups excluding carboxylic acids is 2. The van der Waals surface area contributed by atoms with Gasteiger partial charge in [0.15, 0.2) is 0 Å². The van der Waals surface area contributed by atoms with Gasteiger partial charge in [0.2, 0.25) is 0 Å². The van der Waals surface area contributed by atoms with Gasteiger partial charge in [-0.25, -0.2) is 19.2 Å². The number of rotatable bonds is 6. The molecule has 0 aliphatic carbocycles. The molecule has 1 atom stereocenters. The maximum absolute atomic E-state index is 14.4. The predicted octanol–water partition coefficient (Wildman–Crippen LogP) is 6.07. The normalized spacial score (nSPS) is 18.1. The van der Waals surface area contributed by atoms with Crippen LogP contribution in [0.2, 0.25) is 5.02 Å². The average molecular weight is 634 g/mol. The van der Waals surface area contributed by atoms with E-state index in [0.29, 0.717) is 66.9 Å². The molecule has 0 spiro atoms. The molecule has 2 aliphatic rings. The molecule has 3 aromatic heterocycles. The molecule has 11 heteroatoms. The number of hydrogen-bond donors (Lipinski definition) is 0. The van der Waals surface area contributed by atoms with Gasteiger partial charge in [0, 0.05) is 55.9 Å². The van der Waals surface area contributed by atoms with Crippen molar-refractivity contribution in [1.82, 2.24) is 19.4 Å². The number of nitrogens with zero attached hydrogens (tertiary/aromatic N) is 5. The minimum atomic E-state index is -0.536. The summed E-state index contributed by atoms with van der Waals surface area (Å²) in [5.41, 5.74) is 3.90. The van der Waals surface area contributed by atoms with Gasteiger partial charge >= 0.3 is 5.97 Å². The van der Waals surface area contributed by atoms with Gasteiger partial charge < -0.3 is 23.8 Å². The summed E-state index contributed by atoms with van der Waals surface area (Å²) in [5.74, 6) is 0.0436. The number of esters is 1. The van der Waals surface area contributed by atoms with Crippen LogP contribution in [-0.2, 0) is 16.0 Å². The van der Waals surface area contributed by atoms with Gasteiger partial charge in [-0.05, 0) is 75.6 Å². The van der Waals surface area contributed by atoms with E-state index >= 15 is 0 Å². The van der Waals surface area contributed by atoms with Crippen LogP contribution in [0.5, 0.6) is 0 Å². The second-order valence-corrected chi connectivity index (χ2v) is 13.0. The number of anilines is 1. The number of fused-ring (bicyclic) bond motifs is 1. The number of piperazine rings is 1. The molecule has 2 fully saturated rings. The third kappa shape index (κ3) is 5.89. The summed E-state index contributed by atoms with van der Waals surface area (Å²) in [7, 11) is 1.36. The monoisotopic (exact) mass is 633 g/mol. The van der Waals surface area contributed by atoms with Crippen LogP contribution >= 0.6 is 11.6 Å². The fourth-order valence-electron chi connectivity index (χ4n) is 6.57. The third-order valence-electron chi connectivity index (χ3n) is 8.90. The number of methoxy groups -OCH3 is 1. The lowest BCUT2D eigenvalue weighted by atomic mass is 9.97. The van der Waals surface area contributed by atoms with E-state index < -0.39 is 17.3 Å². The summed E-state index contributed by atoms with van der Waals surface area (Å²) in [4.78, 5) is 39.9. The van der Waals surface area contributed by atoms with Crippen LogP contribution in [-0.4, -0.2) is 76.8 Å². The van der Waals surface area contributed by atoms with E-state index in [4.69, 9.17) is 31.0 Å². The number of ether oxygens (including phenoxy) is 2. The molecule has 0 unspecified atom stereocenters. The van der Waals surface area contributed by atoms with Crippen LogP contribution in [0.1, 0.15) is 52.4 Å². The molecule has 4 aromatic rings. The van der Waals surface area contributed by atoms with E-state index in [0.717, 1.165) is 35.4 Å². The summed E-state index contributed by atoms with van der Waals surface area (Å²) in [5, 5.41) is 0.905. The minimum Gasteiger partial charge on any atom is -0.465 e. The first-order valence-electron chi connectivity index (χ1n) is 15.1. The van der Waals surface area contributed by atoms with Gasteiger partial charge in [0.05, 0.1) is 35.5 Å². The SMILES string of the molecule is COC(=O)c1c(C)cc(N2CCN(C(=O)c3ccc4c(-c5ccc(Cl)c(F)c5)cn(C[C@@H]5CCOC5)c4n3)C(C)(C)C2)nc1C. The first-order chi connectivity index (χ1) is 21.5. The summed E-state index contributed by atoms with van der Waals surface area (Å²) >= 11 is 5.97. The molecular formula is C34H37ClFN5O4. The molecule has 0 saturated carbocycles. The quantitative estimate of drug-likeness (QED) is 0.238. The topological polar surface area (TPSA) is 89.8 Å². The Kier molecular flexibility index (Phi) is 8.30. The van der Waals surface area contributed by atoms with Gasteiger partial charge in [-0.15, -0.1) is 0 Å². The highest BCUT2D eigenvalue weighted by Crippen LogP contribution is 2.34. The molecule has 6 rings (SSSR count). The molecule has 0 bridgehead atoms. The van der Waals surface area contributed by atoms with E-state index in [1.807, 2.05) is 44.0 Å².